The number of rotatable bonds is 3. The molecule has 0 aromatic carbocycles. The van der Waals surface area contributed by atoms with E-state index in [2.05, 4.69) is 15.2 Å². The molecule has 0 radical (unpaired) electrons. The average Bonchev–Trinajstić information content (AvgIpc) is 2.86. The number of carbonyl (C=O) groups excluding carboxylic acids is 1. The molecule has 2 N–H and O–H groups in total. The fourth-order valence-electron chi connectivity index (χ4n) is 1.60. The number of nitrogens with one attached hydrogen (secondary N) is 2. The van der Waals surface area contributed by atoms with Crippen molar-refractivity contribution in [1.29, 1.82) is 0 Å². The van der Waals surface area contributed by atoms with E-state index in [1.807, 2.05) is 13.0 Å². The number of hydrogen-bond acceptors (Lipinski definition) is 3. The molecule has 2 heterocycles. The second-order valence-electron chi connectivity index (χ2n) is 3.39. The number of carbonyl (C=O) groups is 1. The topological polar surface area (TPSA) is 70.8 Å². The zero-order valence-electron chi connectivity index (χ0n) is 9.20. The van der Waals surface area contributed by atoms with Gasteiger partial charge in [-0.3, -0.25) is 5.10 Å². The number of H-pyrrole nitrogens is 2. The molecular formula is C11H13N3O2. The summed E-state index contributed by atoms with van der Waals surface area (Å²) in [5.41, 5.74) is 3.17. The van der Waals surface area contributed by atoms with Crippen molar-refractivity contribution in [2.75, 3.05) is 6.61 Å². The Labute approximate surface area is 92.8 Å². The second-order valence-corrected chi connectivity index (χ2v) is 3.39. The van der Waals surface area contributed by atoms with Crippen LogP contribution in [0.1, 0.15) is 23.0 Å². The predicted molar refractivity (Wildman–Crippen MR) is 59.1 cm³/mol. The van der Waals surface area contributed by atoms with Gasteiger partial charge in [-0.15, -0.1) is 0 Å². The Balaban J connectivity index is 2.35. The molecule has 0 saturated carbocycles. The van der Waals surface area contributed by atoms with Crippen molar-refractivity contribution >= 4 is 5.97 Å². The molecule has 16 heavy (non-hydrogen) atoms. The van der Waals surface area contributed by atoms with Gasteiger partial charge in [0.25, 0.3) is 0 Å². The van der Waals surface area contributed by atoms with Crippen molar-refractivity contribution in [2.24, 2.45) is 0 Å². The Morgan fingerprint density at radius 1 is 1.56 bits per heavy atom. The highest BCUT2D eigenvalue weighted by Gasteiger charge is 2.16. The van der Waals surface area contributed by atoms with E-state index in [0.29, 0.717) is 12.3 Å². The largest absolute Gasteiger partial charge is 0.461 e. The highest BCUT2D eigenvalue weighted by Crippen LogP contribution is 2.23. The summed E-state index contributed by atoms with van der Waals surface area (Å²) in [7, 11) is 0. The summed E-state index contributed by atoms with van der Waals surface area (Å²) in [6, 6.07) is 1.85. The summed E-state index contributed by atoms with van der Waals surface area (Å²) >= 11 is 0. The Morgan fingerprint density at radius 3 is 3.00 bits per heavy atom. The molecule has 84 valence electrons. The van der Waals surface area contributed by atoms with E-state index in [1.54, 1.807) is 19.3 Å². The zero-order valence-corrected chi connectivity index (χ0v) is 9.20. The number of nitrogens with zero attached hydrogens (tertiary/aromatic N) is 1. The number of esters is 1. The quantitative estimate of drug-likeness (QED) is 0.774. The molecule has 0 aliphatic carbocycles. The maximum Gasteiger partial charge on any atom is 0.355 e. The lowest BCUT2D eigenvalue weighted by Gasteiger charge is -2.00. The molecule has 2 rings (SSSR count). The minimum absolute atomic E-state index is 0.328. The molecule has 2 aromatic heterocycles. The third-order valence-electron chi connectivity index (χ3n) is 2.41. The lowest BCUT2D eigenvalue weighted by atomic mass is 10.1. The van der Waals surface area contributed by atoms with Crippen LogP contribution in [-0.4, -0.2) is 27.8 Å². The van der Waals surface area contributed by atoms with Crippen LogP contribution in [0.4, 0.5) is 0 Å². The van der Waals surface area contributed by atoms with Gasteiger partial charge >= 0.3 is 5.97 Å². The van der Waals surface area contributed by atoms with Crippen molar-refractivity contribution in [3.63, 3.8) is 0 Å². The van der Waals surface area contributed by atoms with Gasteiger partial charge in [-0.25, -0.2) is 4.79 Å². The number of ether oxygens (including phenoxy) is 1. The Morgan fingerprint density at radius 2 is 2.38 bits per heavy atom. The van der Waals surface area contributed by atoms with E-state index in [4.69, 9.17) is 4.74 Å². The monoisotopic (exact) mass is 219 g/mol. The van der Waals surface area contributed by atoms with Gasteiger partial charge < -0.3 is 9.72 Å². The van der Waals surface area contributed by atoms with Crippen molar-refractivity contribution in [3.8, 4) is 11.3 Å². The first-order valence-corrected chi connectivity index (χ1v) is 5.09. The van der Waals surface area contributed by atoms with Crippen LogP contribution in [0.2, 0.25) is 0 Å². The molecule has 5 heteroatoms. The maximum atomic E-state index is 11.6. The van der Waals surface area contributed by atoms with Gasteiger partial charge in [-0.1, -0.05) is 0 Å². The smallest absolute Gasteiger partial charge is 0.355 e. The van der Waals surface area contributed by atoms with Crippen LogP contribution in [0.15, 0.2) is 18.5 Å². The Hall–Kier alpha value is -2.04. The first kappa shape index (κ1) is 10.5. The van der Waals surface area contributed by atoms with E-state index in [9.17, 15) is 4.79 Å². The van der Waals surface area contributed by atoms with Gasteiger partial charge in [0.15, 0.2) is 0 Å². The normalized spacial score (nSPS) is 10.4. The minimum atomic E-state index is -0.328. The van der Waals surface area contributed by atoms with Crippen LogP contribution in [-0.2, 0) is 4.74 Å². The van der Waals surface area contributed by atoms with Gasteiger partial charge in [-0.05, 0) is 25.5 Å². The van der Waals surface area contributed by atoms with Crippen molar-refractivity contribution in [3.05, 3.63) is 29.7 Å². The minimum Gasteiger partial charge on any atom is -0.461 e. The summed E-state index contributed by atoms with van der Waals surface area (Å²) in [5.74, 6) is -0.328. The van der Waals surface area contributed by atoms with Crippen LogP contribution < -0.4 is 0 Å². The number of aromatic amines is 2. The van der Waals surface area contributed by atoms with Crippen molar-refractivity contribution < 1.29 is 9.53 Å². The van der Waals surface area contributed by atoms with E-state index < -0.39 is 0 Å². The Bertz CT molecular complexity index is 485. The van der Waals surface area contributed by atoms with Crippen LogP contribution in [0, 0.1) is 6.92 Å². The molecule has 0 amide bonds. The highest BCUT2D eigenvalue weighted by molar-refractivity contribution is 5.91. The first-order valence-electron chi connectivity index (χ1n) is 5.09. The third kappa shape index (κ3) is 1.71. The summed E-state index contributed by atoms with van der Waals surface area (Å²) in [6.07, 6.45) is 3.45. The molecule has 0 spiro atoms. The van der Waals surface area contributed by atoms with Gasteiger partial charge in [0, 0.05) is 18.0 Å². The lowest BCUT2D eigenvalue weighted by molar-refractivity contribution is 0.0519. The maximum absolute atomic E-state index is 11.6. The van der Waals surface area contributed by atoms with Gasteiger partial charge in [0.1, 0.15) is 5.69 Å². The van der Waals surface area contributed by atoms with Gasteiger partial charge in [-0.2, -0.15) is 5.10 Å². The SMILES string of the molecule is CCOC(=O)c1[nH]cc(-c2ccn[nH]2)c1C. The summed E-state index contributed by atoms with van der Waals surface area (Å²) in [6.45, 7) is 4.03. The summed E-state index contributed by atoms with van der Waals surface area (Å²) < 4.78 is 4.94. The molecule has 0 aliphatic heterocycles. The molecule has 0 bridgehead atoms. The van der Waals surface area contributed by atoms with Crippen LogP contribution in [0.3, 0.4) is 0 Å². The van der Waals surface area contributed by atoms with Crippen LogP contribution >= 0.6 is 0 Å². The predicted octanol–water partition coefficient (Wildman–Crippen LogP) is 1.89. The molecule has 0 atom stereocenters. The van der Waals surface area contributed by atoms with E-state index in [1.165, 1.54) is 0 Å². The molecule has 0 saturated heterocycles. The molecule has 0 fully saturated rings. The van der Waals surface area contributed by atoms with Gasteiger partial charge in [0.05, 0.1) is 12.3 Å². The zero-order chi connectivity index (χ0) is 11.5. The van der Waals surface area contributed by atoms with Crippen LogP contribution in [0.25, 0.3) is 11.3 Å². The average molecular weight is 219 g/mol. The Kier molecular flexibility index (Phi) is 2.76. The standard InChI is InChI=1S/C11H13N3O2/c1-3-16-11(15)10-7(2)8(6-12-10)9-4-5-13-14-9/h4-6,12H,3H2,1-2H3,(H,13,14). The van der Waals surface area contributed by atoms with Gasteiger partial charge in [0.2, 0.25) is 0 Å². The summed E-state index contributed by atoms with van der Waals surface area (Å²) in [5, 5.41) is 6.73. The lowest BCUT2D eigenvalue weighted by Crippen LogP contribution is -2.06. The second kappa shape index (κ2) is 4.22. The van der Waals surface area contributed by atoms with Crippen LogP contribution in [0.5, 0.6) is 0 Å². The van der Waals surface area contributed by atoms with E-state index in [0.717, 1.165) is 16.8 Å². The third-order valence-corrected chi connectivity index (χ3v) is 2.41. The van der Waals surface area contributed by atoms with Crippen molar-refractivity contribution in [1.82, 2.24) is 15.2 Å². The summed E-state index contributed by atoms with van der Waals surface area (Å²) in [4.78, 5) is 14.5. The fraction of sp³-hybridized carbons (Fsp3) is 0.273. The highest BCUT2D eigenvalue weighted by atomic mass is 16.5. The van der Waals surface area contributed by atoms with E-state index in [-0.39, 0.29) is 5.97 Å². The molecule has 2 aromatic rings. The van der Waals surface area contributed by atoms with Crippen molar-refractivity contribution in [2.45, 2.75) is 13.8 Å². The molecule has 5 nitrogen and oxygen atoms in total. The fourth-order valence-corrected chi connectivity index (χ4v) is 1.60. The molecule has 0 unspecified atom stereocenters. The molecule has 0 aliphatic rings. The number of hydrogen-bond donors (Lipinski definition) is 2. The molecular weight excluding hydrogens is 206 g/mol. The van der Waals surface area contributed by atoms with E-state index >= 15 is 0 Å². The first-order chi connectivity index (χ1) is 7.74. The number of aromatic nitrogens is 3.